The second kappa shape index (κ2) is 6.87. The van der Waals surface area contributed by atoms with E-state index in [4.69, 9.17) is 34.8 Å². The first-order chi connectivity index (χ1) is 7.42. The molecule has 0 bridgehead atoms. The van der Waals surface area contributed by atoms with Crippen LogP contribution >= 0.6 is 34.8 Å². The maximum Gasteiger partial charge on any atom is 0.0398 e. The Kier molecular flexibility index (Phi) is 7.22. The summed E-state index contributed by atoms with van der Waals surface area (Å²) in [4.78, 5) is 0. The van der Waals surface area contributed by atoms with Crippen LogP contribution in [0.5, 0.6) is 0 Å². The second-order valence-corrected chi connectivity index (χ2v) is 9.03. The summed E-state index contributed by atoms with van der Waals surface area (Å²) in [5.41, 5.74) is 0.355. The van der Waals surface area contributed by atoms with Crippen LogP contribution in [-0.2, 0) is 0 Å². The van der Waals surface area contributed by atoms with Gasteiger partial charge in [0.2, 0.25) is 0 Å². The minimum Gasteiger partial charge on any atom is -0.123 e. The van der Waals surface area contributed by atoms with E-state index in [1.54, 1.807) is 0 Å². The van der Waals surface area contributed by atoms with Gasteiger partial charge in [-0.15, -0.1) is 34.8 Å². The van der Waals surface area contributed by atoms with Gasteiger partial charge in [-0.25, -0.2) is 0 Å². The molecule has 0 fully saturated rings. The Hall–Kier alpha value is 0.870. The van der Waals surface area contributed by atoms with Crippen molar-refractivity contribution in [3.63, 3.8) is 0 Å². The average Bonchev–Trinajstić information content (AvgIpc) is 1.96. The highest BCUT2D eigenvalue weighted by Crippen LogP contribution is 2.33. The molecule has 17 heavy (non-hydrogen) atoms. The van der Waals surface area contributed by atoms with E-state index in [2.05, 4.69) is 41.5 Å². The maximum atomic E-state index is 6.34. The lowest BCUT2D eigenvalue weighted by molar-refractivity contribution is 0.346. The molecule has 3 unspecified atom stereocenters. The summed E-state index contributed by atoms with van der Waals surface area (Å²) < 4.78 is 0. The second-order valence-electron chi connectivity index (χ2n) is 7.26. The van der Waals surface area contributed by atoms with E-state index >= 15 is 0 Å². The summed E-state index contributed by atoms with van der Waals surface area (Å²) in [5, 5.41) is 0.311. The highest BCUT2D eigenvalue weighted by Gasteiger charge is 2.26. The van der Waals surface area contributed by atoms with Crippen molar-refractivity contribution in [2.75, 3.05) is 0 Å². The fourth-order valence-corrected chi connectivity index (χ4v) is 3.17. The van der Waals surface area contributed by atoms with Crippen molar-refractivity contribution in [1.82, 2.24) is 0 Å². The van der Waals surface area contributed by atoms with Crippen molar-refractivity contribution in [2.24, 2.45) is 10.8 Å². The Bertz CT molecular complexity index is 212. The largest absolute Gasteiger partial charge is 0.123 e. The van der Waals surface area contributed by atoms with Gasteiger partial charge in [0.05, 0.1) is 0 Å². The van der Waals surface area contributed by atoms with Crippen molar-refractivity contribution < 1.29 is 0 Å². The van der Waals surface area contributed by atoms with Crippen molar-refractivity contribution in [3.05, 3.63) is 0 Å². The number of hydrogen-bond donors (Lipinski definition) is 0. The van der Waals surface area contributed by atoms with Crippen LogP contribution in [0.1, 0.15) is 60.8 Å². The smallest absolute Gasteiger partial charge is 0.0398 e. The summed E-state index contributed by atoms with van der Waals surface area (Å²) in [7, 11) is 0. The van der Waals surface area contributed by atoms with Gasteiger partial charge in [0.1, 0.15) is 0 Å². The van der Waals surface area contributed by atoms with Crippen LogP contribution in [0, 0.1) is 10.8 Å². The third-order valence-electron chi connectivity index (χ3n) is 2.75. The first kappa shape index (κ1) is 17.9. The number of hydrogen-bond acceptors (Lipinski definition) is 0. The molecule has 0 spiro atoms. The Morgan fingerprint density at radius 3 is 1.59 bits per heavy atom. The molecule has 0 aromatic rings. The predicted octanol–water partition coefficient (Wildman–Crippen LogP) is 6.07. The molecule has 3 atom stereocenters. The molecule has 0 nitrogen and oxygen atoms in total. The van der Waals surface area contributed by atoms with Gasteiger partial charge >= 0.3 is 0 Å². The predicted molar refractivity (Wildman–Crippen MR) is 81.7 cm³/mol. The monoisotopic (exact) mass is 300 g/mol. The minimum absolute atomic E-state index is 0.0709. The van der Waals surface area contributed by atoms with Gasteiger partial charge in [-0.05, 0) is 30.1 Å². The van der Waals surface area contributed by atoms with Gasteiger partial charge in [-0.2, -0.15) is 0 Å². The third kappa shape index (κ3) is 9.45. The van der Waals surface area contributed by atoms with Crippen molar-refractivity contribution in [3.8, 4) is 0 Å². The Labute approximate surface area is 122 Å². The quantitative estimate of drug-likeness (QED) is 0.540. The molecule has 3 heteroatoms. The van der Waals surface area contributed by atoms with Crippen LogP contribution in [0.25, 0.3) is 0 Å². The highest BCUT2D eigenvalue weighted by atomic mass is 35.5. The zero-order chi connectivity index (χ0) is 13.9. The zero-order valence-electron chi connectivity index (χ0n) is 12.0. The first-order valence-electron chi connectivity index (χ1n) is 6.34. The molecule has 0 saturated carbocycles. The van der Waals surface area contributed by atoms with Gasteiger partial charge < -0.3 is 0 Å². The van der Waals surface area contributed by atoms with Gasteiger partial charge in [0, 0.05) is 16.1 Å². The first-order valence-corrected chi connectivity index (χ1v) is 7.65. The summed E-state index contributed by atoms with van der Waals surface area (Å²) in [6, 6.07) is 0. The minimum atomic E-state index is 0.0709. The molecule has 0 rings (SSSR count). The van der Waals surface area contributed by atoms with Crippen LogP contribution in [0.4, 0.5) is 0 Å². The van der Waals surface area contributed by atoms with Crippen LogP contribution in [0.15, 0.2) is 0 Å². The Balaban J connectivity index is 4.06. The standard InChI is InChI=1S/C14H27Cl3/c1-13(2,3)9-11(16)7-10(15)8-12(17)14(4,5)6/h10-12H,7-9H2,1-6H3. The SMILES string of the molecule is CC(C)(C)CC(Cl)CC(Cl)CC(Cl)C(C)(C)C. The van der Waals surface area contributed by atoms with E-state index in [1.807, 2.05) is 0 Å². The lowest BCUT2D eigenvalue weighted by Gasteiger charge is -2.28. The molecule has 0 aromatic heterocycles. The van der Waals surface area contributed by atoms with Crippen molar-refractivity contribution in [1.29, 1.82) is 0 Å². The van der Waals surface area contributed by atoms with Crippen LogP contribution in [0.2, 0.25) is 0 Å². The molecule has 0 N–H and O–H groups in total. The van der Waals surface area contributed by atoms with Crippen molar-refractivity contribution in [2.45, 2.75) is 76.9 Å². The Morgan fingerprint density at radius 1 is 0.765 bits per heavy atom. The zero-order valence-corrected chi connectivity index (χ0v) is 14.3. The molecule has 104 valence electrons. The average molecular weight is 302 g/mol. The molecule has 0 aromatic carbocycles. The molecule has 0 heterocycles. The molecular formula is C14H27Cl3. The normalized spacial score (nSPS) is 18.9. The third-order valence-corrected chi connectivity index (χ3v) is 4.27. The van der Waals surface area contributed by atoms with E-state index in [-0.39, 0.29) is 27.0 Å². The van der Waals surface area contributed by atoms with Gasteiger partial charge in [-0.3, -0.25) is 0 Å². The van der Waals surface area contributed by atoms with E-state index in [0.717, 1.165) is 19.3 Å². The van der Waals surface area contributed by atoms with Gasteiger partial charge in [0.25, 0.3) is 0 Å². The van der Waals surface area contributed by atoms with E-state index in [0.29, 0.717) is 0 Å². The van der Waals surface area contributed by atoms with Crippen LogP contribution in [-0.4, -0.2) is 16.1 Å². The topological polar surface area (TPSA) is 0 Å². The fourth-order valence-electron chi connectivity index (χ4n) is 1.70. The fraction of sp³-hybridized carbons (Fsp3) is 1.00. The number of rotatable bonds is 5. The van der Waals surface area contributed by atoms with Crippen LogP contribution in [0.3, 0.4) is 0 Å². The summed E-state index contributed by atoms with van der Waals surface area (Å²) in [6.07, 6.45) is 2.64. The van der Waals surface area contributed by atoms with Crippen molar-refractivity contribution >= 4 is 34.8 Å². The van der Waals surface area contributed by atoms with E-state index in [9.17, 15) is 0 Å². The lowest BCUT2D eigenvalue weighted by Crippen LogP contribution is -2.25. The van der Waals surface area contributed by atoms with Crippen LogP contribution < -0.4 is 0 Å². The molecule has 0 aliphatic carbocycles. The Morgan fingerprint density at radius 2 is 1.24 bits per heavy atom. The molecule has 0 aliphatic heterocycles. The number of alkyl halides is 3. The molecule has 0 saturated heterocycles. The summed E-state index contributed by atoms with van der Waals surface area (Å²) in [5.74, 6) is 0. The molecule has 0 radical (unpaired) electrons. The summed E-state index contributed by atoms with van der Waals surface area (Å²) >= 11 is 19.0. The van der Waals surface area contributed by atoms with E-state index < -0.39 is 0 Å². The molecule has 0 amide bonds. The highest BCUT2D eigenvalue weighted by molar-refractivity contribution is 6.25. The van der Waals surface area contributed by atoms with Gasteiger partial charge in [-0.1, -0.05) is 41.5 Å². The summed E-state index contributed by atoms with van der Waals surface area (Å²) in [6.45, 7) is 13.0. The number of halogens is 3. The molecule has 0 aliphatic rings. The van der Waals surface area contributed by atoms with E-state index in [1.165, 1.54) is 0 Å². The lowest BCUT2D eigenvalue weighted by atomic mass is 9.86. The maximum absolute atomic E-state index is 6.34. The molecular weight excluding hydrogens is 275 g/mol. The van der Waals surface area contributed by atoms with Gasteiger partial charge in [0.15, 0.2) is 0 Å².